The molecular weight excluding hydrogens is 897 g/mol. The van der Waals surface area contributed by atoms with Crippen LogP contribution < -0.4 is 27.6 Å². The number of rotatable bonds is 4. The summed E-state index contributed by atoms with van der Waals surface area (Å²) in [4.78, 5) is -0.0608. The monoisotopic (exact) mass is 942 g/mol. The molecule has 0 N–H and O–H groups in total. The third-order valence-electron chi connectivity index (χ3n) is 10.9. The van der Waals surface area contributed by atoms with E-state index in [0.717, 1.165) is 11.1 Å². The Labute approximate surface area is 389 Å². The minimum atomic E-state index is -4.47. The average Bonchev–Trinajstić information content (AvgIpc) is 3.33. The Morgan fingerprint density at radius 1 is 0.448 bits per heavy atom. The van der Waals surface area contributed by atoms with Gasteiger partial charge in [0.2, 0.25) is 0 Å². The van der Waals surface area contributed by atoms with Crippen molar-refractivity contribution in [3.63, 3.8) is 0 Å². The molecule has 2 heterocycles. The average molecular weight is 943 g/mol. The summed E-state index contributed by atoms with van der Waals surface area (Å²) in [6.07, 6.45) is 0. The second kappa shape index (κ2) is 20.6. The first kappa shape index (κ1) is 46.4. The van der Waals surface area contributed by atoms with Gasteiger partial charge in [0.25, 0.3) is 20.0 Å². The van der Waals surface area contributed by atoms with E-state index in [2.05, 4.69) is 0 Å². The summed E-state index contributed by atoms with van der Waals surface area (Å²) in [7, 11) is -8.94. The van der Waals surface area contributed by atoms with Gasteiger partial charge in [0.05, 0.1) is 85.0 Å². The van der Waals surface area contributed by atoms with Gasteiger partial charge in [-0.15, -0.1) is 0 Å². The number of hydrogen-bond donors (Lipinski definition) is 0. The van der Waals surface area contributed by atoms with Crippen molar-refractivity contribution in [2.24, 2.45) is 0 Å². The van der Waals surface area contributed by atoms with E-state index in [0.29, 0.717) is 37.6 Å². The molecule has 0 spiro atoms. The lowest BCUT2D eigenvalue weighted by atomic mass is 10.0. The topological polar surface area (TPSA) is 187 Å². The normalized spacial score (nSPS) is 15.2. The van der Waals surface area contributed by atoms with E-state index in [1.165, 1.54) is 45.0 Å². The van der Waals surface area contributed by atoms with Crippen LogP contribution in [0.3, 0.4) is 0 Å². The Balaban J connectivity index is 1.41. The Morgan fingerprint density at radius 3 is 1.18 bits per heavy atom. The largest absolute Gasteiger partial charge is 0.487 e. The Bertz CT molecular complexity index is 2860. The van der Waals surface area contributed by atoms with Crippen molar-refractivity contribution in [2.75, 3.05) is 61.5 Å². The molecule has 2 aliphatic rings. The zero-order valence-electron chi connectivity index (χ0n) is 36.7. The zero-order valence-corrected chi connectivity index (χ0v) is 38.3. The van der Waals surface area contributed by atoms with Gasteiger partial charge < -0.3 is 33.2 Å². The predicted molar refractivity (Wildman–Crippen MR) is 248 cm³/mol. The number of fused-ring (bicyclic) bond motifs is 5. The quantitative estimate of drug-likeness (QED) is 0.164. The number of sulfonamides is 2. The van der Waals surface area contributed by atoms with Gasteiger partial charge >= 0.3 is 0 Å². The highest BCUT2D eigenvalue weighted by Gasteiger charge is 2.34. The van der Waals surface area contributed by atoms with Gasteiger partial charge in [0, 0.05) is 12.1 Å². The lowest BCUT2D eigenvalue weighted by Crippen LogP contribution is -2.34. The second-order valence-electron chi connectivity index (χ2n) is 15.5. The SMILES string of the molecule is Cc1ccc(S(=O)(=O)N2Cc3cc4c(cc3CN(S(=O)(=O)c3ccc(C)cc3)c3ccccc3Oc3cc(C#N)c(C#N)cc3Oc3ccccc32)OCCOCCOCCOCCO4)cc1. The van der Waals surface area contributed by atoms with E-state index in [9.17, 15) is 10.5 Å². The van der Waals surface area contributed by atoms with Crippen molar-refractivity contribution < 1.29 is 50.0 Å². The summed E-state index contributed by atoms with van der Waals surface area (Å²) >= 11 is 0. The summed E-state index contributed by atoms with van der Waals surface area (Å²) in [5.74, 6) is 0.497. The summed E-state index contributed by atoms with van der Waals surface area (Å²) < 4.78 is 106. The first-order valence-corrected chi connectivity index (χ1v) is 24.2. The number of anilines is 2. The first-order valence-electron chi connectivity index (χ1n) is 21.3. The second-order valence-corrected chi connectivity index (χ2v) is 19.2. The number of ether oxygens (including phenoxy) is 7. The molecule has 0 fully saturated rings. The van der Waals surface area contributed by atoms with Crippen LogP contribution in [0.25, 0.3) is 0 Å². The molecule has 0 saturated heterocycles. The molecule has 0 amide bonds. The fraction of sp³-hybridized carbons (Fsp3) is 0.240. The lowest BCUT2D eigenvalue weighted by molar-refractivity contribution is 0.00708. The maximum Gasteiger partial charge on any atom is 0.264 e. The van der Waals surface area contributed by atoms with Crippen LogP contribution in [0.2, 0.25) is 0 Å². The molecule has 0 unspecified atom stereocenters. The van der Waals surface area contributed by atoms with Gasteiger partial charge in [0.15, 0.2) is 34.5 Å². The van der Waals surface area contributed by atoms with E-state index in [4.69, 9.17) is 33.2 Å². The molecule has 0 saturated carbocycles. The van der Waals surface area contributed by atoms with Gasteiger partial charge in [-0.2, -0.15) is 10.5 Å². The van der Waals surface area contributed by atoms with E-state index in [1.807, 2.05) is 26.0 Å². The Kier molecular flexibility index (Phi) is 14.3. The highest BCUT2D eigenvalue weighted by Crippen LogP contribution is 2.46. The summed E-state index contributed by atoms with van der Waals surface area (Å²) in [5.41, 5.74) is 2.47. The molecule has 6 aromatic carbocycles. The number of nitriles is 2. The Hall–Kier alpha value is -7.12. The standard InChI is InChI=1S/C50H46N4O11S2/c1-35-11-15-41(16-12-35)66(55,56)53-33-39-29-47-48(63-26-24-61-22-20-59-19-21-60-23-25-62-47)30-40(39)34-54(67(57,58)42-17-13-36(2)14-18-42)44-8-4-6-10-46(44)65-50-28-38(32-52)37(31-51)27-49(50)64-45-9-5-3-7-43(45)53/h3-18,27-30H,19-26,33-34H2,1-2H3. The van der Waals surface area contributed by atoms with Crippen molar-refractivity contribution in [1.29, 1.82) is 10.5 Å². The molecular formula is C50H46N4O11S2. The van der Waals surface area contributed by atoms with Crippen molar-refractivity contribution in [1.82, 2.24) is 0 Å². The predicted octanol–water partition coefficient (Wildman–Crippen LogP) is 8.56. The van der Waals surface area contributed by atoms with Crippen LogP contribution in [-0.2, 0) is 47.3 Å². The molecule has 6 aromatic rings. The van der Waals surface area contributed by atoms with Gasteiger partial charge in [-0.3, -0.25) is 8.61 Å². The lowest BCUT2D eigenvalue weighted by Gasteiger charge is -2.31. The van der Waals surface area contributed by atoms with Gasteiger partial charge in [0.1, 0.15) is 25.4 Å². The molecule has 0 aliphatic carbocycles. The van der Waals surface area contributed by atoms with E-state index in [1.54, 1.807) is 84.9 Å². The van der Waals surface area contributed by atoms with Crippen LogP contribution in [0, 0.1) is 36.5 Å². The summed E-state index contributed by atoms with van der Waals surface area (Å²) in [6, 6.07) is 35.7. The van der Waals surface area contributed by atoms with Gasteiger partial charge in [-0.05, 0) is 85.6 Å². The molecule has 8 rings (SSSR count). The molecule has 0 aromatic heterocycles. The van der Waals surface area contributed by atoms with Crippen molar-refractivity contribution in [3.8, 4) is 46.6 Å². The number of hydrogen-bond acceptors (Lipinski definition) is 13. The zero-order chi connectivity index (χ0) is 47.0. The fourth-order valence-electron chi connectivity index (χ4n) is 7.35. The van der Waals surface area contributed by atoms with Crippen LogP contribution in [0.4, 0.5) is 11.4 Å². The van der Waals surface area contributed by atoms with Gasteiger partial charge in [-0.25, -0.2) is 16.8 Å². The van der Waals surface area contributed by atoms with E-state index < -0.39 is 20.0 Å². The van der Waals surface area contributed by atoms with Crippen molar-refractivity contribution in [3.05, 3.63) is 155 Å². The third kappa shape index (κ3) is 10.5. The smallest absolute Gasteiger partial charge is 0.264 e. The van der Waals surface area contributed by atoms with Crippen molar-refractivity contribution in [2.45, 2.75) is 36.7 Å². The van der Waals surface area contributed by atoms with Crippen LogP contribution in [0.1, 0.15) is 33.4 Å². The maximum absolute atomic E-state index is 15.2. The molecule has 0 radical (unpaired) electrons. The minimum absolute atomic E-state index is 0.0304. The number of para-hydroxylation sites is 4. The molecule has 0 atom stereocenters. The summed E-state index contributed by atoms with van der Waals surface area (Å²) in [6.45, 7) is 4.87. The first-order chi connectivity index (χ1) is 32.5. The molecule has 2 aliphatic heterocycles. The van der Waals surface area contributed by atoms with Gasteiger partial charge in [-0.1, -0.05) is 59.7 Å². The third-order valence-corrected chi connectivity index (χ3v) is 14.4. The molecule has 17 heteroatoms. The van der Waals surface area contributed by atoms with Crippen LogP contribution >= 0.6 is 0 Å². The summed E-state index contributed by atoms with van der Waals surface area (Å²) in [5, 5.41) is 20.3. The number of nitrogens with zero attached hydrogens (tertiary/aromatic N) is 4. The van der Waals surface area contributed by atoms with Crippen LogP contribution in [0.15, 0.2) is 131 Å². The Morgan fingerprint density at radius 2 is 0.806 bits per heavy atom. The number of aryl methyl sites for hydroxylation is 2. The molecule has 15 nitrogen and oxygen atoms in total. The molecule has 67 heavy (non-hydrogen) atoms. The molecule has 0 bridgehead atoms. The minimum Gasteiger partial charge on any atom is -0.487 e. The molecule has 344 valence electrons. The highest BCUT2D eigenvalue weighted by molar-refractivity contribution is 7.93. The van der Waals surface area contributed by atoms with Crippen LogP contribution in [-0.4, -0.2) is 69.7 Å². The van der Waals surface area contributed by atoms with E-state index >= 15 is 16.8 Å². The van der Waals surface area contributed by atoms with E-state index in [-0.39, 0.29) is 106 Å². The van der Waals surface area contributed by atoms with Crippen molar-refractivity contribution >= 4 is 31.4 Å². The maximum atomic E-state index is 15.2. The highest BCUT2D eigenvalue weighted by atomic mass is 32.2. The number of benzene rings is 6. The van der Waals surface area contributed by atoms with Crippen LogP contribution in [0.5, 0.6) is 34.5 Å². The fourth-order valence-corrected chi connectivity index (χ4v) is 10.3.